The molecule has 5 nitrogen and oxygen atoms in total. The van der Waals surface area contributed by atoms with Gasteiger partial charge in [-0.25, -0.2) is 14.4 Å². The Balaban J connectivity index is 1.72. The van der Waals surface area contributed by atoms with E-state index in [2.05, 4.69) is 29.1 Å². The van der Waals surface area contributed by atoms with E-state index in [1.54, 1.807) is 24.4 Å². The molecule has 1 amide bonds. The number of hydrogen-bond acceptors (Lipinski definition) is 4. The SMILES string of the molecule is CCCN(CCC)C(=O)c1ccc(Nc2ccnc(-c3ccc(F)cc3)n2)cc1. The van der Waals surface area contributed by atoms with Crippen molar-refractivity contribution < 1.29 is 9.18 Å². The second-order valence-corrected chi connectivity index (χ2v) is 6.77. The predicted molar refractivity (Wildman–Crippen MR) is 114 cm³/mol. The van der Waals surface area contributed by atoms with E-state index in [1.165, 1.54) is 12.1 Å². The summed E-state index contributed by atoms with van der Waals surface area (Å²) in [6.07, 6.45) is 3.53. The van der Waals surface area contributed by atoms with Gasteiger partial charge in [-0.05, 0) is 67.4 Å². The molecule has 0 spiro atoms. The number of anilines is 2. The third-order valence-corrected chi connectivity index (χ3v) is 4.44. The highest BCUT2D eigenvalue weighted by Crippen LogP contribution is 2.20. The van der Waals surface area contributed by atoms with Crippen LogP contribution in [-0.2, 0) is 0 Å². The molecule has 1 aromatic heterocycles. The lowest BCUT2D eigenvalue weighted by atomic mass is 10.1. The number of aromatic nitrogens is 2. The van der Waals surface area contributed by atoms with E-state index in [9.17, 15) is 9.18 Å². The minimum Gasteiger partial charge on any atom is -0.340 e. The number of hydrogen-bond donors (Lipinski definition) is 1. The van der Waals surface area contributed by atoms with Crippen molar-refractivity contribution in [2.45, 2.75) is 26.7 Å². The molecule has 0 bridgehead atoms. The molecule has 2 aromatic carbocycles. The van der Waals surface area contributed by atoms with Crippen LogP contribution < -0.4 is 5.32 Å². The topological polar surface area (TPSA) is 58.1 Å². The maximum Gasteiger partial charge on any atom is 0.253 e. The van der Waals surface area contributed by atoms with E-state index >= 15 is 0 Å². The second kappa shape index (κ2) is 9.78. The first-order valence-corrected chi connectivity index (χ1v) is 9.86. The number of rotatable bonds is 8. The van der Waals surface area contributed by atoms with Crippen molar-refractivity contribution in [3.05, 3.63) is 72.2 Å². The molecule has 3 aromatic rings. The third kappa shape index (κ3) is 5.38. The van der Waals surface area contributed by atoms with Crippen LogP contribution in [0.3, 0.4) is 0 Å². The lowest BCUT2D eigenvalue weighted by Gasteiger charge is -2.21. The molecule has 29 heavy (non-hydrogen) atoms. The largest absolute Gasteiger partial charge is 0.340 e. The van der Waals surface area contributed by atoms with Crippen LogP contribution in [0.1, 0.15) is 37.0 Å². The maximum atomic E-state index is 13.1. The Kier molecular flexibility index (Phi) is 6.89. The van der Waals surface area contributed by atoms with E-state index < -0.39 is 0 Å². The highest BCUT2D eigenvalue weighted by Gasteiger charge is 2.14. The summed E-state index contributed by atoms with van der Waals surface area (Å²) in [6.45, 7) is 5.68. The van der Waals surface area contributed by atoms with Gasteiger partial charge in [0.2, 0.25) is 0 Å². The van der Waals surface area contributed by atoms with E-state index in [0.29, 0.717) is 17.2 Å². The second-order valence-electron chi connectivity index (χ2n) is 6.77. The summed E-state index contributed by atoms with van der Waals surface area (Å²) in [5.41, 5.74) is 2.23. The molecule has 0 atom stereocenters. The van der Waals surface area contributed by atoms with Crippen LogP contribution in [0.25, 0.3) is 11.4 Å². The van der Waals surface area contributed by atoms with Crippen LogP contribution in [0.15, 0.2) is 60.8 Å². The van der Waals surface area contributed by atoms with Crippen LogP contribution in [-0.4, -0.2) is 33.9 Å². The Morgan fingerprint density at radius 1 is 0.966 bits per heavy atom. The fourth-order valence-electron chi connectivity index (χ4n) is 3.05. The normalized spacial score (nSPS) is 10.6. The maximum absolute atomic E-state index is 13.1. The van der Waals surface area contributed by atoms with Gasteiger partial charge in [-0.1, -0.05) is 13.8 Å². The monoisotopic (exact) mass is 392 g/mol. The van der Waals surface area contributed by atoms with E-state index in [4.69, 9.17) is 0 Å². The molecule has 0 aliphatic heterocycles. The van der Waals surface area contributed by atoms with Crippen LogP contribution in [0, 0.1) is 5.82 Å². The highest BCUT2D eigenvalue weighted by molar-refractivity contribution is 5.94. The highest BCUT2D eigenvalue weighted by atomic mass is 19.1. The summed E-state index contributed by atoms with van der Waals surface area (Å²) in [6, 6.07) is 15.2. The lowest BCUT2D eigenvalue weighted by Crippen LogP contribution is -2.32. The van der Waals surface area contributed by atoms with Gasteiger partial charge in [0.15, 0.2) is 5.82 Å². The van der Waals surface area contributed by atoms with Crippen LogP contribution in [0.4, 0.5) is 15.9 Å². The van der Waals surface area contributed by atoms with Crippen molar-refractivity contribution in [2.75, 3.05) is 18.4 Å². The first kappa shape index (κ1) is 20.5. The van der Waals surface area contributed by atoms with Crippen LogP contribution in [0.2, 0.25) is 0 Å². The molecule has 1 N–H and O–H groups in total. The van der Waals surface area contributed by atoms with Crippen LogP contribution in [0.5, 0.6) is 0 Å². The van der Waals surface area contributed by atoms with Gasteiger partial charge < -0.3 is 10.2 Å². The Hall–Kier alpha value is -3.28. The van der Waals surface area contributed by atoms with E-state index in [1.807, 2.05) is 29.2 Å². The fourth-order valence-corrected chi connectivity index (χ4v) is 3.05. The van der Waals surface area contributed by atoms with Gasteiger partial charge in [0.25, 0.3) is 5.91 Å². The Labute approximate surface area is 170 Å². The molecule has 0 fully saturated rings. The summed E-state index contributed by atoms with van der Waals surface area (Å²) in [7, 11) is 0. The van der Waals surface area contributed by atoms with Crippen molar-refractivity contribution in [1.82, 2.24) is 14.9 Å². The smallest absolute Gasteiger partial charge is 0.253 e. The standard InChI is InChI=1S/C23H25FN4O/c1-3-15-28(16-4-2)23(29)18-7-11-20(12-8-18)26-21-13-14-25-22(27-21)17-5-9-19(24)10-6-17/h5-14H,3-4,15-16H2,1-2H3,(H,25,26,27). The predicted octanol–water partition coefficient (Wildman–Crippen LogP) is 5.29. The summed E-state index contributed by atoms with van der Waals surface area (Å²) >= 11 is 0. The molecular weight excluding hydrogens is 367 g/mol. The fraction of sp³-hybridized carbons (Fsp3) is 0.261. The Bertz CT molecular complexity index is 936. The Morgan fingerprint density at radius 3 is 2.24 bits per heavy atom. The summed E-state index contributed by atoms with van der Waals surface area (Å²) in [5, 5.41) is 3.22. The van der Waals surface area contributed by atoms with Crippen molar-refractivity contribution in [3.63, 3.8) is 0 Å². The van der Waals surface area contributed by atoms with Crippen molar-refractivity contribution in [1.29, 1.82) is 0 Å². The van der Waals surface area contributed by atoms with Crippen molar-refractivity contribution in [3.8, 4) is 11.4 Å². The van der Waals surface area contributed by atoms with Gasteiger partial charge in [0.05, 0.1) is 0 Å². The molecule has 0 aliphatic rings. The zero-order valence-corrected chi connectivity index (χ0v) is 16.7. The molecule has 1 heterocycles. The number of carbonyl (C=O) groups excluding carboxylic acids is 1. The number of carbonyl (C=O) groups is 1. The summed E-state index contributed by atoms with van der Waals surface area (Å²) in [4.78, 5) is 23.3. The van der Waals surface area contributed by atoms with Crippen molar-refractivity contribution in [2.24, 2.45) is 0 Å². The average molecular weight is 392 g/mol. The van der Waals surface area contributed by atoms with Gasteiger partial charge in [0, 0.05) is 36.1 Å². The molecule has 3 rings (SSSR count). The molecule has 0 unspecified atom stereocenters. The minimum atomic E-state index is -0.297. The summed E-state index contributed by atoms with van der Waals surface area (Å²) < 4.78 is 13.1. The first-order valence-electron chi connectivity index (χ1n) is 9.86. The van der Waals surface area contributed by atoms with Gasteiger partial charge in [0.1, 0.15) is 11.6 Å². The summed E-state index contributed by atoms with van der Waals surface area (Å²) in [5.74, 6) is 0.892. The molecule has 0 saturated carbocycles. The molecule has 150 valence electrons. The van der Waals surface area contributed by atoms with E-state index in [0.717, 1.165) is 37.2 Å². The van der Waals surface area contributed by atoms with Crippen molar-refractivity contribution >= 4 is 17.4 Å². The minimum absolute atomic E-state index is 0.0564. The number of halogens is 1. The van der Waals surface area contributed by atoms with Gasteiger partial charge >= 0.3 is 0 Å². The molecule has 0 saturated heterocycles. The molecular formula is C23H25FN4O. The lowest BCUT2D eigenvalue weighted by molar-refractivity contribution is 0.0755. The molecule has 6 heteroatoms. The first-order chi connectivity index (χ1) is 14.1. The van der Waals surface area contributed by atoms with Gasteiger partial charge in [-0.2, -0.15) is 0 Å². The van der Waals surface area contributed by atoms with Crippen LogP contribution >= 0.6 is 0 Å². The number of nitrogens with zero attached hydrogens (tertiary/aromatic N) is 3. The number of benzene rings is 2. The average Bonchev–Trinajstić information content (AvgIpc) is 2.74. The quantitative estimate of drug-likeness (QED) is 0.566. The third-order valence-electron chi connectivity index (χ3n) is 4.44. The zero-order chi connectivity index (χ0) is 20.6. The number of nitrogens with one attached hydrogen (secondary N) is 1. The molecule has 0 radical (unpaired) electrons. The zero-order valence-electron chi connectivity index (χ0n) is 16.7. The van der Waals surface area contributed by atoms with Gasteiger partial charge in [-0.3, -0.25) is 4.79 Å². The molecule has 0 aliphatic carbocycles. The Morgan fingerprint density at radius 2 is 1.62 bits per heavy atom. The number of amides is 1. The van der Waals surface area contributed by atoms with E-state index in [-0.39, 0.29) is 11.7 Å². The van der Waals surface area contributed by atoms with Gasteiger partial charge in [-0.15, -0.1) is 0 Å².